The van der Waals surface area contributed by atoms with Crippen molar-refractivity contribution in [2.24, 2.45) is 0 Å². The Labute approximate surface area is 134 Å². The number of carboxylic acids is 1. The van der Waals surface area contributed by atoms with Crippen molar-refractivity contribution in [2.75, 3.05) is 19.8 Å². The highest BCUT2D eigenvalue weighted by Gasteiger charge is 2.16. The first-order valence-corrected chi connectivity index (χ1v) is 7.51. The number of hydrogen-bond acceptors (Lipinski definition) is 4. The third kappa shape index (κ3) is 4.07. The number of halogens is 2. The van der Waals surface area contributed by atoms with Crippen molar-refractivity contribution in [1.82, 2.24) is 5.32 Å². The monoisotopic (exact) mass is 347 g/mol. The lowest BCUT2D eigenvalue weighted by Gasteiger charge is -2.04. The van der Waals surface area contributed by atoms with Gasteiger partial charge >= 0.3 is 5.97 Å². The fourth-order valence-electron chi connectivity index (χ4n) is 1.66. The molecule has 1 amide bonds. The van der Waals surface area contributed by atoms with Crippen molar-refractivity contribution >= 4 is 56.5 Å². The van der Waals surface area contributed by atoms with Gasteiger partial charge in [-0.05, 0) is 12.1 Å². The summed E-state index contributed by atoms with van der Waals surface area (Å²) < 4.78 is 5.66. The van der Waals surface area contributed by atoms with E-state index in [0.29, 0.717) is 14.9 Å². The minimum atomic E-state index is -1.05. The summed E-state index contributed by atoms with van der Waals surface area (Å²) >= 11 is 13.3. The topological polar surface area (TPSA) is 75.6 Å². The summed E-state index contributed by atoms with van der Waals surface area (Å²) in [6.07, 6.45) is 0. The summed E-state index contributed by atoms with van der Waals surface area (Å²) in [6.45, 7) is -0.0676. The van der Waals surface area contributed by atoms with Gasteiger partial charge in [-0.3, -0.25) is 4.79 Å². The average molecular weight is 348 g/mol. The molecular weight excluding hydrogens is 337 g/mol. The number of thiophene rings is 1. The van der Waals surface area contributed by atoms with E-state index in [9.17, 15) is 9.59 Å². The highest BCUT2D eigenvalue weighted by Crippen LogP contribution is 2.36. The Morgan fingerprint density at radius 1 is 1.33 bits per heavy atom. The molecule has 0 fully saturated rings. The number of carbonyl (C=O) groups is 2. The van der Waals surface area contributed by atoms with Gasteiger partial charge in [0, 0.05) is 21.7 Å². The van der Waals surface area contributed by atoms with Gasteiger partial charge in [-0.2, -0.15) is 0 Å². The Bertz CT molecular complexity index is 686. The predicted octanol–water partition coefficient (Wildman–Crippen LogP) is 3.04. The van der Waals surface area contributed by atoms with Crippen molar-refractivity contribution in [3.05, 3.63) is 33.1 Å². The van der Waals surface area contributed by atoms with Crippen LogP contribution < -0.4 is 5.32 Å². The molecule has 0 spiro atoms. The molecule has 0 radical (unpaired) electrons. The zero-order valence-electron chi connectivity index (χ0n) is 10.7. The van der Waals surface area contributed by atoms with Gasteiger partial charge in [0.2, 0.25) is 0 Å². The molecule has 0 aliphatic heterocycles. The molecule has 0 aliphatic carbocycles. The molecule has 2 N–H and O–H groups in total. The first-order chi connectivity index (χ1) is 9.99. The van der Waals surface area contributed by atoms with Gasteiger partial charge < -0.3 is 15.2 Å². The van der Waals surface area contributed by atoms with Crippen molar-refractivity contribution in [3.8, 4) is 0 Å². The summed E-state index contributed by atoms with van der Waals surface area (Å²) in [5, 5.41) is 12.8. The van der Waals surface area contributed by atoms with Crippen LogP contribution in [-0.2, 0) is 9.53 Å². The molecule has 0 saturated heterocycles. The van der Waals surface area contributed by atoms with Gasteiger partial charge in [-0.25, -0.2) is 4.79 Å². The second-order valence-corrected chi connectivity index (χ2v) is 5.95. The first kappa shape index (κ1) is 16.0. The summed E-state index contributed by atoms with van der Waals surface area (Å²) in [6, 6.07) is 5.23. The Morgan fingerprint density at radius 2 is 2.10 bits per heavy atom. The minimum Gasteiger partial charge on any atom is -0.480 e. The number of nitrogens with one attached hydrogen (secondary N) is 1. The Kier molecular flexibility index (Phi) is 5.41. The predicted molar refractivity (Wildman–Crippen MR) is 82.6 cm³/mol. The maximum Gasteiger partial charge on any atom is 0.329 e. The van der Waals surface area contributed by atoms with Crippen molar-refractivity contribution in [3.63, 3.8) is 0 Å². The third-order valence-electron chi connectivity index (χ3n) is 2.56. The number of benzene rings is 1. The lowest BCUT2D eigenvalue weighted by molar-refractivity contribution is -0.142. The zero-order chi connectivity index (χ0) is 15.4. The molecule has 0 saturated carbocycles. The molecule has 0 atom stereocenters. The van der Waals surface area contributed by atoms with Crippen molar-refractivity contribution in [2.45, 2.75) is 0 Å². The summed E-state index contributed by atoms with van der Waals surface area (Å²) in [4.78, 5) is 22.7. The fraction of sp³-hybridized carbons (Fsp3) is 0.231. The van der Waals surface area contributed by atoms with Crippen molar-refractivity contribution in [1.29, 1.82) is 0 Å². The van der Waals surface area contributed by atoms with Crippen LogP contribution in [-0.4, -0.2) is 36.7 Å². The molecular formula is C13H11Cl2NO4S. The molecule has 1 aromatic heterocycles. The van der Waals surface area contributed by atoms with E-state index in [1.807, 2.05) is 0 Å². The van der Waals surface area contributed by atoms with E-state index < -0.39 is 12.6 Å². The largest absolute Gasteiger partial charge is 0.480 e. The molecule has 2 aromatic rings. The molecule has 5 nitrogen and oxygen atoms in total. The van der Waals surface area contributed by atoms with Gasteiger partial charge in [0.25, 0.3) is 5.91 Å². The van der Waals surface area contributed by atoms with E-state index in [1.54, 1.807) is 18.2 Å². The lowest BCUT2D eigenvalue weighted by Crippen LogP contribution is -2.27. The van der Waals surface area contributed by atoms with Crippen molar-refractivity contribution < 1.29 is 19.4 Å². The quantitative estimate of drug-likeness (QED) is 0.787. The fourth-order valence-corrected chi connectivity index (χ4v) is 3.37. The van der Waals surface area contributed by atoms with Crippen LogP contribution in [0.1, 0.15) is 9.67 Å². The maximum absolute atomic E-state index is 12.0. The molecule has 0 aliphatic rings. The van der Waals surface area contributed by atoms with E-state index >= 15 is 0 Å². The van der Waals surface area contributed by atoms with Gasteiger partial charge in [0.1, 0.15) is 11.5 Å². The molecule has 1 heterocycles. The Morgan fingerprint density at radius 3 is 2.81 bits per heavy atom. The molecule has 0 bridgehead atoms. The normalized spacial score (nSPS) is 10.8. The smallest absolute Gasteiger partial charge is 0.329 e. The zero-order valence-corrected chi connectivity index (χ0v) is 13.0. The highest BCUT2D eigenvalue weighted by atomic mass is 35.5. The van der Waals surface area contributed by atoms with E-state index in [-0.39, 0.29) is 19.1 Å². The van der Waals surface area contributed by atoms with Gasteiger partial charge in [0.05, 0.1) is 11.6 Å². The number of carbonyl (C=O) groups excluding carboxylic acids is 1. The van der Waals surface area contributed by atoms with Crippen LogP contribution in [0.3, 0.4) is 0 Å². The first-order valence-electron chi connectivity index (χ1n) is 5.94. The lowest BCUT2D eigenvalue weighted by atomic mass is 10.2. The Balaban J connectivity index is 1.99. The highest BCUT2D eigenvalue weighted by molar-refractivity contribution is 7.21. The van der Waals surface area contributed by atoms with Crippen LogP contribution in [0.25, 0.3) is 10.1 Å². The molecule has 0 unspecified atom stereocenters. The van der Waals surface area contributed by atoms with E-state index in [0.717, 1.165) is 10.1 Å². The standard InChI is InChI=1S/C13H11Cl2NO4S/c14-7-1-2-8-9(5-7)21-12(11(8)15)13(19)16-3-4-20-6-10(17)18/h1-2,5H,3-4,6H2,(H,16,19)(H,17,18). The maximum atomic E-state index is 12.0. The SMILES string of the molecule is O=C(O)COCCNC(=O)c1sc2cc(Cl)ccc2c1Cl. The summed E-state index contributed by atoms with van der Waals surface area (Å²) in [5.74, 6) is -1.37. The average Bonchev–Trinajstić information content (AvgIpc) is 2.74. The third-order valence-corrected chi connectivity index (χ3v) is 4.45. The summed E-state index contributed by atoms with van der Waals surface area (Å²) in [5.41, 5.74) is 0. The number of hydrogen-bond donors (Lipinski definition) is 2. The molecule has 112 valence electrons. The van der Waals surface area contributed by atoms with Crippen LogP contribution in [0.4, 0.5) is 0 Å². The van der Waals surface area contributed by atoms with Crippen LogP contribution in [0.2, 0.25) is 10.0 Å². The number of amides is 1. The van der Waals surface area contributed by atoms with E-state index in [1.165, 1.54) is 11.3 Å². The number of ether oxygens (including phenoxy) is 1. The Hall–Kier alpha value is -1.34. The number of fused-ring (bicyclic) bond motifs is 1. The number of aliphatic carboxylic acids is 1. The molecule has 2 rings (SSSR count). The number of carboxylic acid groups (broad SMARTS) is 1. The van der Waals surface area contributed by atoms with Gasteiger partial charge in [-0.15, -0.1) is 11.3 Å². The van der Waals surface area contributed by atoms with Crippen LogP contribution in [0.5, 0.6) is 0 Å². The van der Waals surface area contributed by atoms with Gasteiger partial charge in [0.15, 0.2) is 0 Å². The molecule has 1 aromatic carbocycles. The van der Waals surface area contributed by atoms with Gasteiger partial charge in [-0.1, -0.05) is 29.3 Å². The second kappa shape index (κ2) is 7.09. The van der Waals surface area contributed by atoms with Crippen LogP contribution in [0.15, 0.2) is 18.2 Å². The second-order valence-electron chi connectivity index (χ2n) is 4.09. The molecule has 21 heavy (non-hydrogen) atoms. The minimum absolute atomic E-state index is 0.117. The van der Waals surface area contributed by atoms with E-state index in [2.05, 4.69) is 5.32 Å². The summed E-state index contributed by atoms with van der Waals surface area (Å²) in [7, 11) is 0. The number of rotatable bonds is 6. The van der Waals surface area contributed by atoms with E-state index in [4.69, 9.17) is 33.0 Å². The van der Waals surface area contributed by atoms with Crippen LogP contribution in [0, 0.1) is 0 Å². The van der Waals surface area contributed by atoms with Crippen LogP contribution >= 0.6 is 34.5 Å². The molecule has 8 heteroatoms.